The zero-order valence-electron chi connectivity index (χ0n) is 8.32. The van der Waals surface area contributed by atoms with Crippen LogP contribution >= 0.6 is 11.8 Å². The van der Waals surface area contributed by atoms with Gasteiger partial charge in [0.1, 0.15) is 5.78 Å². The number of rotatable bonds is 1. The Morgan fingerprint density at radius 2 is 1.85 bits per heavy atom. The fourth-order valence-corrected chi connectivity index (χ4v) is 3.44. The minimum absolute atomic E-state index is 0.333. The van der Waals surface area contributed by atoms with Crippen LogP contribution in [0.1, 0.15) is 13.8 Å². The van der Waals surface area contributed by atoms with Crippen LogP contribution in [0.4, 0.5) is 0 Å². The maximum atomic E-state index is 11.7. The number of hydrogen-bond acceptors (Lipinski definition) is 3. The van der Waals surface area contributed by atoms with E-state index in [4.69, 9.17) is 0 Å². The van der Waals surface area contributed by atoms with Crippen LogP contribution in [0.5, 0.6) is 0 Å². The second-order valence-electron chi connectivity index (χ2n) is 4.38. The molecular weight excluding hydrogens is 182 g/mol. The molecule has 2 heterocycles. The van der Waals surface area contributed by atoms with Gasteiger partial charge in [0, 0.05) is 42.5 Å². The molecule has 2 aliphatic heterocycles. The Bertz CT molecular complexity index is 201. The number of ketones is 1. The molecule has 2 fully saturated rings. The van der Waals surface area contributed by atoms with Crippen molar-refractivity contribution in [3.8, 4) is 0 Å². The van der Waals surface area contributed by atoms with Crippen LogP contribution in [0.15, 0.2) is 0 Å². The fourth-order valence-electron chi connectivity index (χ4n) is 2.20. The van der Waals surface area contributed by atoms with Crippen molar-refractivity contribution in [3.05, 3.63) is 0 Å². The van der Waals surface area contributed by atoms with Crippen LogP contribution in [-0.4, -0.2) is 41.3 Å². The summed E-state index contributed by atoms with van der Waals surface area (Å²) >= 11 is 1.96. The van der Waals surface area contributed by atoms with E-state index in [1.54, 1.807) is 0 Å². The predicted octanol–water partition coefficient (Wildman–Crippen LogP) is 1.26. The molecule has 0 radical (unpaired) electrons. The molecule has 0 N–H and O–H groups in total. The molecule has 2 atom stereocenters. The SMILES string of the molecule is CC(C)N1CC2CSCC(C1)C2=O. The van der Waals surface area contributed by atoms with Crippen molar-refractivity contribution in [2.75, 3.05) is 24.6 Å². The molecule has 2 unspecified atom stereocenters. The highest BCUT2D eigenvalue weighted by Crippen LogP contribution is 2.30. The van der Waals surface area contributed by atoms with E-state index in [0.29, 0.717) is 23.7 Å². The summed E-state index contributed by atoms with van der Waals surface area (Å²) in [5, 5.41) is 0. The molecule has 0 saturated carbocycles. The average molecular weight is 199 g/mol. The molecule has 0 aromatic heterocycles. The largest absolute Gasteiger partial charge is 0.299 e. The smallest absolute Gasteiger partial charge is 0.143 e. The first-order valence-corrected chi connectivity index (χ1v) is 6.19. The van der Waals surface area contributed by atoms with Gasteiger partial charge in [-0.05, 0) is 13.8 Å². The summed E-state index contributed by atoms with van der Waals surface area (Å²) in [6.07, 6.45) is 0. The Morgan fingerprint density at radius 1 is 1.31 bits per heavy atom. The van der Waals surface area contributed by atoms with Gasteiger partial charge < -0.3 is 0 Å². The van der Waals surface area contributed by atoms with Gasteiger partial charge in [0.25, 0.3) is 0 Å². The van der Waals surface area contributed by atoms with E-state index < -0.39 is 0 Å². The summed E-state index contributed by atoms with van der Waals surface area (Å²) in [5.74, 6) is 3.31. The summed E-state index contributed by atoms with van der Waals surface area (Å²) in [6, 6.07) is 0.598. The third-order valence-electron chi connectivity index (χ3n) is 3.08. The molecule has 0 aromatic rings. The van der Waals surface area contributed by atoms with E-state index in [2.05, 4.69) is 18.7 Å². The van der Waals surface area contributed by atoms with Gasteiger partial charge in [-0.3, -0.25) is 9.69 Å². The minimum atomic E-state index is 0.333. The molecule has 2 saturated heterocycles. The standard InChI is InChI=1S/C10H17NOS/c1-7(2)11-3-8-5-13-6-9(4-11)10(8)12/h7-9H,3-6H2,1-2H3. The molecule has 2 aliphatic rings. The molecule has 2 nitrogen and oxygen atoms in total. The number of nitrogens with zero attached hydrogens (tertiary/aromatic N) is 1. The lowest BCUT2D eigenvalue weighted by molar-refractivity contribution is -0.130. The topological polar surface area (TPSA) is 20.3 Å². The number of carbonyl (C=O) groups is 1. The summed E-state index contributed by atoms with van der Waals surface area (Å²) in [5.41, 5.74) is 0. The van der Waals surface area contributed by atoms with Crippen molar-refractivity contribution in [1.82, 2.24) is 4.90 Å². The highest BCUT2D eigenvalue weighted by Gasteiger charge is 2.38. The first kappa shape index (κ1) is 9.53. The van der Waals surface area contributed by atoms with E-state index >= 15 is 0 Å². The van der Waals surface area contributed by atoms with E-state index in [1.807, 2.05) is 11.8 Å². The van der Waals surface area contributed by atoms with E-state index in [1.165, 1.54) is 0 Å². The van der Waals surface area contributed by atoms with Gasteiger partial charge in [0.15, 0.2) is 0 Å². The lowest BCUT2D eigenvalue weighted by Gasteiger charge is -2.41. The fraction of sp³-hybridized carbons (Fsp3) is 0.900. The second-order valence-corrected chi connectivity index (χ2v) is 5.46. The normalized spacial score (nSPS) is 35.5. The van der Waals surface area contributed by atoms with Crippen molar-refractivity contribution in [2.24, 2.45) is 11.8 Å². The molecule has 0 aromatic carbocycles. The number of carbonyl (C=O) groups excluding carboxylic acids is 1. The molecule has 0 aliphatic carbocycles. The van der Waals surface area contributed by atoms with Crippen LogP contribution in [0, 0.1) is 11.8 Å². The summed E-state index contributed by atoms with van der Waals surface area (Å²) in [6.45, 7) is 6.44. The highest BCUT2D eigenvalue weighted by atomic mass is 32.2. The van der Waals surface area contributed by atoms with Gasteiger partial charge in [-0.15, -0.1) is 0 Å². The quantitative estimate of drug-likeness (QED) is 0.634. The van der Waals surface area contributed by atoms with E-state index in [-0.39, 0.29) is 0 Å². The number of thioether (sulfide) groups is 1. The zero-order chi connectivity index (χ0) is 9.42. The lowest BCUT2D eigenvalue weighted by Crippen LogP contribution is -2.52. The van der Waals surface area contributed by atoms with Gasteiger partial charge >= 0.3 is 0 Å². The van der Waals surface area contributed by atoms with E-state index in [9.17, 15) is 4.79 Å². The molecule has 2 bridgehead atoms. The van der Waals surface area contributed by atoms with E-state index in [0.717, 1.165) is 24.6 Å². The van der Waals surface area contributed by atoms with Gasteiger partial charge in [0.2, 0.25) is 0 Å². The molecule has 0 amide bonds. The Kier molecular flexibility index (Phi) is 2.65. The third kappa shape index (κ3) is 1.77. The Labute approximate surface area is 84.1 Å². The number of Topliss-reactive ketones (excluding diaryl/α,β-unsaturated/α-hetero) is 1. The monoisotopic (exact) mass is 199 g/mol. The molecular formula is C10H17NOS. The Balaban J connectivity index is 2.07. The summed E-state index contributed by atoms with van der Waals surface area (Å²) in [7, 11) is 0. The molecule has 74 valence electrons. The van der Waals surface area contributed by atoms with Crippen LogP contribution in [0.2, 0.25) is 0 Å². The number of hydrogen-bond donors (Lipinski definition) is 0. The van der Waals surface area contributed by atoms with Crippen molar-refractivity contribution in [2.45, 2.75) is 19.9 Å². The van der Waals surface area contributed by atoms with Crippen molar-refractivity contribution >= 4 is 17.5 Å². The van der Waals surface area contributed by atoms with Gasteiger partial charge in [0.05, 0.1) is 0 Å². The number of fused-ring (bicyclic) bond motifs is 2. The number of likely N-dealkylation sites (tertiary alicyclic amines) is 1. The molecule has 13 heavy (non-hydrogen) atoms. The van der Waals surface area contributed by atoms with Crippen LogP contribution in [-0.2, 0) is 4.79 Å². The Hall–Kier alpha value is -0.0200. The third-order valence-corrected chi connectivity index (χ3v) is 4.36. The molecule has 2 rings (SSSR count). The average Bonchev–Trinajstić information content (AvgIpc) is 2.02. The maximum absolute atomic E-state index is 11.7. The predicted molar refractivity (Wildman–Crippen MR) is 56.0 cm³/mol. The highest BCUT2D eigenvalue weighted by molar-refractivity contribution is 7.99. The van der Waals surface area contributed by atoms with Crippen LogP contribution in [0.25, 0.3) is 0 Å². The zero-order valence-corrected chi connectivity index (χ0v) is 9.14. The lowest BCUT2D eigenvalue weighted by atomic mass is 9.88. The maximum Gasteiger partial charge on any atom is 0.143 e. The summed E-state index contributed by atoms with van der Waals surface area (Å²) < 4.78 is 0. The van der Waals surface area contributed by atoms with Gasteiger partial charge in [-0.2, -0.15) is 11.8 Å². The van der Waals surface area contributed by atoms with Crippen molar-refractivity contribution in [1.29, 1.82) is 0 Å². The van der Waals surface area contributed by atoms with Gasteiger partial charge in [-0.1, -0.05) is 0 Å². The van der Waals surface area contributed by atoms with Crippen LogP contribution < -0.4 is 0 Å². The molecule has 0 spiro atoms. The first-order chi connectivity index (χ1) is 6.18. The second kappa shape index (κ2) is 3.62. The Morgan fingerprint density at radius 3 is 2.31 bits per heavy atom. The number of piperidine rings is 1. The minimum Gasteiger partial charge on any atom is -0.299 e. The van der Waals surface area contributed by atoms with Crippen molar-refractivity contribution in [3.63, 3.8) is 0 Å². The first-order valence-electron chi connectivity index (χ1n) is 5.04. The molecule has 3 heteroatoms. The van der Waals surface area contributed by atoms with Crippen LogP contribution in [0.3, 0.4) is 0 Å². The summed E-state index contributed by atoms with van der Waals surface area (Å²) in [4.78, 5) is 14.2. The van der Waals surface area contributed by atoms with Gasteiger partial charge in [-0.25, -0.2) is 0 Å². The van der Waals surface area contributed by atoms with Crippen molar-refractivity contribution < 1.29 is 4.79 Å².